The molecule has 1 N–H and O–H groups in total. The Morgan fingerprint density at radius 3 is 2.85 bits per heavy atom. The highest BCUT2D eigenvalue weighted by atomic mass is 16.5. The third-order valence-electron chi connectivity index (χ3n) is 2.89. The highest BCUT2D eigenvalue weighted by molar-refractivity contribution is 5.78. The van der Waals surface area contributed by atoms with Gasteiger partial charge in [-0.25, -0.2) is 4.79 Å². The molecule has 0 aromatic heterocycles. The number of azide groups is 1. The zero-order valence-corrected chi connectivity index (χ0v) is 11.9. The van der Waals surface area contributed by atoms with Crippen LogP contribution < -0.4 is 5.32 Å². The van der Waals surface area contributed by atoms with E-state index in [9.17, 15) is 4.79 Å². The molecule has 0 aliphatic carbocycles. The fourth-order valence-electron chi connectivity index (χ4n) is 1.99. The van der Waals surface area contributed by atoms with Crippen LogP contribution in [-0.2, 0) is 16.0 Å². The number of aryl methyl sites for hydroxylation is 1. The molecule has 20 heavy (non-hydrogen) atoms. The molecular weight excluding hydrogens is 256 g/mol. The summed E-state index contributed by atoms with van der Waals surface area (Å²) in [6, 6.07) is 7.23. The van der Waals surface area contributed by atoms with Crippen molar-refractivity contribution < 1.29 is 9.53 Å². The SMILES string of the molecule is CCOC(=O)C(NCCN=[N+]=[N-])c1ccccc1CC. The van der Waals surface area contributed by atoms with Gasteiger partial charge in [0.1, 0.15) is 6.04 Å². The van der Waals surface area contributed by atoms with Gasteiger partial charge in [-0.1, -0.05) is 36.3 Å². The van der Waals surface area contributed by atoms with Gasteiger partial charge in [0.2, 0.25) is 0 Å². The van der Waals surface area contributed by atoms with Crippen LogP contribution in [0.2, 0.25) is 0 Å². The molecule has 0 fully saturated rings. The number of nitrogens with one attached hydrogen (secondary N) is 1. The van der Waals surface area contributed by atoms with Crippen molar-refractivity contribution in [1.82, 2.24) is 5.32 Å². The van der Waals surface area contributed by atoms with E-state index in [0.29, 0.717) is 19.7 Å². The van der Waals surface area contributed by atoms with E-state index in [2.05, 4.69) is 15.3 Å². The van der Waals surface area contributed by atoms with Crippen molar-refractivity contribution >= 4 is 5.97 Å². The number of hydrogen-bond acceptors (Lipinski definition) is 4. The van der Waals surface area contributed by atoms with Crippen molar-refractivity contribution in [3.8, 4) is 0 Å². The predicted octanol–water partition coefficient (Wildman–Crippen LogP) is 2.75. The Morgan fingerprint density at radius 1 is 1.45 bits per heavy atom. The topological polar surface area (TPSA) is 87.1 Å². The molecular formula is C14H20N4O2. The molecule has 108 valence electrons. The minimum absolute atomic E-state index is 0.292. The maximum absolute atomic E-state index is 12.1. The molecule has 0 heterocycles. The summed E-state index contributed by atoms with van der Waals surface area (Å²) in [5.41, 5.74) is 10.3. The van der Waals surface area contributed by atoms with E-state index in [1.807, 2.05) is 31.2 Å². The summed E-state index contributed by atoms with van der Waals surface area (Å²) in [4.78, 5) is 14.8. The molecule has 0 spiro atoms. The second kappa shape index (κ2) is 8.96. The molecule has 0 saturated carbocycles. The van der Waals surface area contributed by atoms with Crippen molar-refractivity contribution in [3.05, 3.63) is 45.8 Å². The third-order valence-corrected chi connectivity index (χ3v) is 2.89. The molecule has 0 bridgehead atoms. The first-order valence-electron chi connectivity index (χ1n) is 6.73. The van der Waals surface area contributed by atoms with Crippen LogP contribution in [0.3, 0.4) is 0 Å². The van der Waals surface area contributed by atoms with Gasteiger partial charge in [0.25, 0.3) is 0 Å². The number of carbonyl (C=O) groups excluding carboxylic acids is 1. The van der Waals surface area contributed by atoms with Crippen LogP contribution in [0, 0.1) is 0 Å². The summed E-state index contributed by atoms with van der Waals surface area (Å²) in [5, 5.41) is 6.54. The Morgan fingerprint density at radius 2 is 2.20 bits per heavy atom. The number of ether oxygens (including phenoxy) is 1. The Balaban J connectivity index is 2.90. The van der Waals surface area contributed by atoms with E-state index in [1.54, 1.807) is 6.92 Å². The number of rotatable bonds is 8. The van der Waals surface area contributed by atoms with Gasteiger partial charge in [-0.05, 0) is 30.0 Å². The van der Waals surface area contributed by atoms with Crippen LogP contribution >= 0.6 is 0 Å². The van der Waals surface area contributed by atoms with Crippen LogP contribution in [0.1, 0.15) is 31.0 Å². The number of nitrogens with zero attached hydrogens (tertiary/aromatic N) is 3. The molecule has 6 heteroatoms. The van der Waals surface area contributed by atoms with E-state index in [-0.39, 0.29) is 5.97 Å². The zero-order chi connectivity index (χ0) is 14.8. The molecule has 1 rings (SSSR count). The molecule has 1 atom stereocenters. The summed E-state index contributed by atoms with van der Waals surface area (Å²) >= 11 is 0. The van der Waals surface area contributed by atoms with Crippen molar-refractivity contribution in [2.45, 2.75) is 26.3 Å². The zero-order valence-electron chi connectivity index (χ0n) is 11.9. The fourth-order valence-corrected chi connectivity index (χ4v) is 1.99. The number of benzene rings is 1. The van der Waals surface area contributed by atoms with E-state index in [0.717, 1.165) is 17.5 Å². The van der Waals surface area contributed by atoms with Crippen LogP contribution in [0.15, 0.2) is 29.4 Å². The Kier molecular flexibility index (Phi) is 7.17. The predicted molar refractivity (Wildman–Crippen MR) is 77.2 cm³/mol. The van der Waals surface area contributed by atoms with Gasteiger partial charge in [0.15, 0.2) is 0 Å². The van der Waals surface area contributed by atoms with Gasteiger partial charge in [0.05, 0.1) is 6.61 Å². The average Bonchev–Trinajstić information content (AvgIpc) is 2.47. The van der Waals surface area contributed by atoms with E-state index in [1.165, 1.54) is 0 Å². The lowest BCUT2D eigenvalue weighted by atomic mass is 9.98. The molecule has 1 aromatic rings. The molecule has 0 aliphatic rings. The monoisotopic (exact) mass is 276 g/mol. The minimum Gasteiger partial charge on any atom is -0.465 e. The highest BCUT2D eigenvalue weighted by Crippen LogP contribution is 2.20. The summed E-state index contributed by atoms with van der Waals surface area (Å²) in [6.45, 7) is 4.87. The Labute approximate surface area is 118 Å². The summed E-state index contributed by atoms with van der Waals surface area (Å²) in [7, 11) is 0. The molecule has 1 aromatic carbocycles. The van der Waals surface area contributed by atoms with E-state index in [4.69, 9.17) is 10.3 Å². The summed E-state index contributed by atoms with van der Waals surface area (Å²) in [5.74, 6) is -0.311. The van der Waals surface area contributed by atoms with Crippen LogP contribution in [-0.4, -0.2) is 25.7 Å². The van der Waals surface area contributed by atoms with Gasteiger partial charge >= 0.3 is 5.97 Å². The van der Waals surface area contributed by atoms with Gasteiger partial charge in [-0.2, -0.15) is 0 Å². The summed E-state index contributed by atoms with van der Waals surface area (Å²) < 4.78 is 5.11. The lowest BCUT2D eigenvalue weighted by molar-refractivity contribution is -0.145. The first-order valence-corrected chi connectivity index (χ1v) is 6.73. The number of hydrogen-bond donors (Lipinski definition) is 1. The van der Waals surface area contributed by atoms with E-state index < -0.39 is 6.04 Å². The average molecular weight is 276 g/mol. The van der Waals surface area contributed by atoms with Crippen LogP contribution in [0.4, 0.5) is 0 Å². The largest absolute Gasteiger partial charge is 0.465 e. The standard InChI is InChI=1S/C14H20N4O2/c1-3-11-7-5-6-8-12(11)13(14(19)20-4-2)16-9-10-17-18-15/h5-8,13,16H,3-4,9-10H2,1-2H3. The quantitative estimate of drug-likeness (QED) is 0.260. The second-order valence-corrected chi connectivity index (χ2v) is 4.15. The molecule has 0 amide bonds. The number of esters is 1. The van der Waals surface area contributed by atoms with Crippen LogP contribution in [0.5, 0.6) is 0 Å². The Hall–Kier alpha value is -2.04. The highest BCUT2D eigenvalue weighted by Gasteiger charge is 2.22. The van der Waals surface area contributed by atoms with Gasteiger partial charge in [-0.15, -0.1) is 0 Å². The fraction of sp³-hybridized carbons (Fsp3) is 0.500. The van der Waals surface area contributed by atoms with Crippen LogP contribution in [0.25, 0.3) is 10.4 Å². The van der Waals surface area contributed by atoms with E-state index >= 15 is 0 Å². The minimum atomic E-state index is -0.528. The first-order chi connectivity index (χ1) is 9.74. The van der Waals surface area contributed by atoms with Crippen molar-refractivity contribution in [3.63, 3.8) is 0 Å². The van der Waals surface area contributed by atoms with Gasteiger partial charge < -0.3 is 10.1 Å². The lowest BCUT2D eigenvalue weighted by Crippen LogP contribution is -2.32. The molecule has 6 nitrogen and oxygen atoms in total. The van der Waals surface area contributed by atoms with Gasteiger partial charge in [-0.3, -0.25) is 0 Å². The van der Waals surface area contributed by atoms with Crippen molar-refractivity contribution in [2.75, 3.05) is 19.7 Å². The maximum Gasteiger partial charge on any atom is 0.327 e. The third kappa shape index (κ3) is 4.57. The lowest BCUT2D eigenvalue weighted by Gasteiger charge is -2.19. The first kappa shape index (κ1) is 16.0. The maximum atomic E-state index is 12.1. The molecule has 0 radical (unpaired) electrons. The second-order valence-electron chi connectivity index (χ2n) is 4.15. The molecule has 0 aliphatic heterocycles. The molecule has 0 saturated heterocycles. The van der Waals surface area contributed by atoms with Gasteiger partial charge in [0, 0.05) is 18.0 Å². The summed E-state index contributed by atoms with van der Waals surface area (Å²) in [6.07, 6.45) is 0.837. The van der Waals surface area contributed by atoms with Crippen molar-refractivity contribution in [2.24, 2.45) is 5.11 Å². The number of carbonyl (C=O) groups is 1. The normalized spacial score (nSPS) is 11.5. The molecule has 1 unspecified atom stereocenters. The smallest absolute Gasteiger partial charge is 0.327 e. The van der Waals surface area contributed by atoms with Crippen molar-refractivity contribution in [1.29, 1.82) is 0 Å². The Bertz CT molecular complexity index is 484.